The average molecular weight is 300 g/mol. The van der Waals surface area contributed by atoms with Crippen molar-refractivity contribution in [2.75, 3.05) is 6.61 Å². The van der Waals surface area contributed by atoms with E-state index in [4.69, 9.17) is 9.47 Å². The standard InChI is InChI=1S/C18H20O4/c1-2-12-21-17(18(19)20)13-14-8-6-7-11-16(14)22-15-9-4-3-5-10-15/h3-11,17H,2,12-13H2,1H3,(H,19,20)/t17-/m0/s1. The first-order valence-electron chi connectivity index (χ1n) is 7.36. The number of rotatable bonds is 8. The van der Waals surface area contributed by atoms with Crippen molar-refractivity contribution >= 4 is 5.97 Å². The minimum atomic E-state index is -0.956. The van der Waals surface area contributed by atoms with Gasteiger partial charge in [0.05, 0.1) is 0 Å². The molecule has 0 heterocycles. The first-order valence-corrected chi connectivity index (χ1v) is 7.36. The fraction of sp³-hybridized carbons (Fsp3) is 0.278. The summed E-state index contributed by atoms with van der Waals surface area (Å²) in [7, 11) is 0. The zero-order chi connectivity index (χ0) is 15.8. The van der Waals surface area contributed by atoms with E-state index >= 15 is 0 Å². The summed E-state index contributed by atoms with van der Waals surface area (Å²) in [6.45, 7) is 2.38. The van der Waals surface area contributed by atoms with Crippen LogP contribution in [0.2, 0.25) is 0 Å². The lowest BCUT2D eigenvalue weighted by Gasteiger charge is -2.16. The molecule has 0 aliphatic carbocycles. The van der Waals surface area contributed by atoms with E-state index < -0.39 is 12.1 Å². The number of aliphatic carboxylic acids is 1. The fourth-order valence-electron chi connectivity index (χ4n) is 2.06. The van der Waals surface area contributed by atoms with Gasteiger partial charge in [0.1, 0.15) is 11.5 Å². The zero-order valence-corrected chi connectivity index (χ0v) is 12.6. The lowest BCUT2D eigenvalue weighted by molar-refractivity contribution is -0.150. The van der Waals surface area contributed by atoms with Crippen LogP contribution in [0.4, 0.5) is 0 Å². The molecule has 1 N–H and O–H groups in total. The largest absolute Gasteiger partial charge is 0.479 e. The van der Waals surface area contributed by atoms with E-state index in [-0.39, 0.29) is 6.42 Å². The number of hydrogen-bond acceptors (Lipinski definition) is 3. The van der Waals surface area contributed by atoms with Crippen LogP contribution in [-0.2, 0) is 16.0 Å². The van der Waals surface area contributed by atoms with Crippen LogP contribution in [0.3, 0.4) is 0 Å². The van der Waals surface area contributed by atoms with Crippen LogP contribution in [-0.4, -0.2) is 23.8 Å². The van der Waals surface area contributed by atoms with Crippen molar-refractivity contribution in [3.05, 3.63) is 60.2 Å². The SMILES string of the molecule is CCCO[C@@H](Cc1ccccc1Oc1ccccc1)C(=O)O. The monoisotopic (exact) mass is 300 g/mol. The highest BCUT2D eigenvalue weighted by Gasteiger charge is 2.20. The van der Waals surface area contributed by atoms with E-state index in [1.54, 1.807) is 0 Å². The highest BCUT2D eigenvalue weighted by atomic mass is 16.5. The number of benzene rings is 2. The summed E-state index contributed by atoms with van der Waals surface area (Å²) < 4.78 is 11.3. The Bertz CT molecular complexity index is 595. The van der Waals surface area contributed by atoms with Gasteiger partial charge in [0.15, 0.2) is 6.10 Å². The minimum absolute atomic E-state index is 0.276. The van der Waals surface area contributed by atoms with Crippen molar-refractivity contribution in [1.29, 1.82) is 0 Å². The van der Waals surface area contributed by atoms with Gasteiger partial charge in [-0.15, -0.1) is 0 Å². The number of para-hydroxylation sites is 2. The normalized spacial score (nSPS) is 11.9. The predicted octanol–water partition coefficient (Wildman–Crippen LogP) is 3.90. The quantitative estimate of drug-likeness (QED) is 0.803. The Labute approximate surface area is 130 Å². The summed E-state index contributed by atoms with van der Waals surface area (Å²) in [4.78, 5) is 11.3. The Morgan fingerprint density at radius 1 is 1.09 bits per heavy atom. The molecule has 0 fully saturated rings. The van der Waals surface area contributed by atoms with Crippen LogP contribution in [0.5, 0.6) is 11.5 Å². The highest BCUT2D eigenvalue weighted by Crippen LogP contribution is 2.26. The molecule has 0 aliphatic rings. The molecule has 2 aromatic carbocycles. The molecule has 0 bridgehead atoms. The van der Waals surface area contributed by atoms with E-state index in [0.29, 0.717) is 12.4 Å². The second-order valence-corrected chi connectivity index (χ2v) is 4.92. The molecule has 0 unspecified atom stereocenters. The first-order chi connectivity index (χ1) is 10.7. The Hall–Kier alpha value is -2.33. The molecular weight excluding hydrogens is 280 g/mol. The third-order valence-electron chi connectivity index (χ3n) is 3.15. The number of ether oxygens (including phenoxy) is 2. The molecule has 4 nitrogen and oxygen atoms in total. The number of carbonyl (C=O) groups is 1. The van der Waals surface area contributed by atoms with E-state index in [2.05, 4.69) is 0 Å². The fourth-order valence-corrected chi connectivity index (χ4v) is 2.06. The molecule has 4 heteroatoms. The summed E-state index contributed by atoms with van der Waals surface area (Å²) in [6.07, 6.45) is 0.199. The lowest BCUT2D eigenvalue weighted by Crippen LogP contribution is -2.26. The van der Waals surface area contributed by atoms with Gasteiger partial charge in [-0.3, -0.25) is 0 Å². The third kappa shape index (κ3) is 4.60. The molecular formula is C18H20O4. The second kappa shape index (κ2) is 8.20. The second-order valence-electron chi connectivity index (χ2n) is 4.92. The molecule has 2 aromatic rings. The average Bonchev–Trinajstić information content (AvgIpc) is 2.53. The van der Waals surface area contributed by atoms with Gasteiger partial charge < -0.3 is 14.6 Å². The molecule has 0 aromatic heterocycles. The van der Waals surface area contributed by atoms with Crippen molar-refractivity contribution in [3.8, 4) is 11.5 Å². The number of hydrogen-bond donors (Lipinski definition) is 1. The summed E-state index contributed by atoms with van der Waals surface area (Å²) in [6, 6.07) is 16.8. The van der Waals surface area contributed by atoms with Crippen LogP contribution in [0, 0.1) is 0 Å². The van der Waals surface area contributed by atoms with Crippen molar-refractivity contribution in [1.82, 2.24) is 0 Å². The van der Waals surface area contributed by atoms with Gasteiger partial charge in [-0.05, 0) is 30.2 Å². The van der Waals surface area contributed by atoms with Gasteiger partial charge in [-0.1, -0.05) is 43.3 Å². The maximum atomic E-state index is 11.3. The topological polar surface area (TPSA) is 55.8 Å². The summed E-state index contributed by atoms with van der Waals surface area (Å²) in [5.74, 6) is 0.416. The molecule has 116 valence electrons. The Balaban J connectivity index is 2.15. The molecule has 0 aliphatic heterocycles. The van der Waals surface area contributed by atoms with Crippen molar-refractivity contribution in [3.63, 3.8) is 0 Å². The van der Waals surface area contributed by atoms with Crippen LogP contribution < -0.4 is 4.74 Å². The maximum absolute atomic E-state index is 11.3. The van der Waals surface area contributed by atoms with Gasteiger partial charge in [0.25, 0.3) is 0 Å². The molecule has 2 rings (SSSR count). The molecule has 22 heavy (non-hydrogen) atoms. The van der Waals surface area contributed by atoms with Crippen molar-refractivity contribution < 1.29 is 19.4 Å². The minimum Gasteiger partial charge on any atom is -0.479 e. The molecule has 1 atom stereocenters. The van der Waals surface area contributed by atoms with Gasteiger partial charge in [0, 0.05) is 13.0 Å². The maximum Gasteiger partial charge on any atom is 0.333 e. The molecule has 0 saturated heterocycles. The van der Waals surface area contributed by atoms with E-state index in [9.17, 15) is 9.90 Å². The van der Waals surface area contributed by atoms with Crippen LogP contribution in [0.25, 0.3) is 0 Å². The van der Waals surface area contributed by atoms with Gasteiger partial charge in [-0.25, -0.2) is 4.79 Å². The van der Waals surface area contributed by atoms with Gasteiger partial charge in [-0.2, -0.15) is 0 Å². The summed E-state index contributed by atoms with van der Waals surface area (Å²) in [5, 5.41) is 9.28. The van der Waals surface area contributed by atoms with Crippen molar-refractivity contribution in [2.45, 2.75) is 25.9 Å². The number of carboxylic acid groups (broad SMARTS) is 1. The highest BCUT2D eigenvalue weighted by molar-refractivity contribution is 5.73. The van der Waals surface area contributed by atoms with Crippen molar-refractivity contribution in [2.24, 2.45) is 0 Å². The van der Waals surface area contributed by atoms with E-state index in [0.717, 1.165) is 17.7 Å². The predicted molar refractivity (Wildman–Crippen MR) is 84.3 cm³/mol. The van der Waals surface area contributed by atoms with E-state index in [1.165, 1.54) is 0 Å². The third-order valence-corrected chi connectivity index (χ3v) is 3.15. The summed E-state index contributed by atoms with van der Waals surface area (Å²) >= 11 is 0. The summed E-state index contributed by atoms with van der Waals surface area (Å²) in [5.41, 5.74) is 0.815. The Morgan fingerprint density at radius 3 is 2.45 bits per heavy atom. The smallest absolute Gasteiger partial charge is 0.333 e. The molecule has 0 amide bonds. The van der Waals surface area contributed by atoms with Crippen LogP contribution in [0.1, 0.15) is 18.9 Å². The Morgan fingerprint density at radius 2 is 1.77 bits per heavy atom. The van der Waals surface area contributed by atoms with Crippen LogP contribution >= 0.6 is 0 Å². The number of carboxylic acids is 1. The molecule has 0 radical (unpaired) electrons. The molecule has 0 saturated carbocycles. The van der Waals surface area contributed by atoms with E-state index in [1.807, 2.05) is 61.5 Å². The van der Waals surface area contributed by atoms with Gasteiger partial charge >= 0.3 is 5.97 Å². The molecule has 0 spiro atoms. The zero-order valence-electron chi connectivity index (χ0n) is 12.6. The van der Waals surface area contributed by atoms with Gasteiger partial charge in [0.2, 0.25) is 0 Å². The first kappa shape index (κ1) is 16.0. The Kier molecular flexibility index (Phi) is 5.98. The van der Waals surface area contributed by atoms with Crippen LogP contribution in [0.15, 0.2) is 54.6 Å². The lowest BCUT2D eigenvalue weighted by atomic mass is 10.1.